The highest BCUT2D eigenvalue weighted by atomic mass is 16.5. The Balaban J connectivity index is 2.11. The summed E-state index contributed by atoms with van der Waals surface area (Å²) in [6.45, 7) is 6.01. The number of hydrogen-bond donors (Lipinski definition) is 1. The fourth-order valence-electron chi connectivity index (χ4n) is 2.09. The summed E-state index contributed by atoms with van der Waals surface area (Å²) in [7, 11) is 0. The van der Waals surface area contributed by atoms with Crippen molar-refractivity contribution in [3.8, 4) is 5.75 Å². The molecule has 0 aliphatic heterocycles. The third-order valence-electron chi connectivity index (χ3n) is 3.37. The van der Waals surface area contributed by atoms with Gasteiger partial charge in [0.1, 0.15) is 5.75 Å². The van der Waals surface area contributed by atoms with E-state index in [-0.39, 0.29) is 12.4 Å². The number of anilines is 1. The molecule has 0 amide bonds. The molecule has 0 aromatic heterocycles. The quantitative estimate of drug-likeness (QED) is 0.683. The number of Topliss-reactive ketones (excluding diaryl/α,β-unsaturated/α-hetero) is 1. The van der Waals surface area contributed by atoms with Crippen LogP contribution in [0.3, 0.4) is 0 Å². The van der Waals surface area contributed by atoms with Gasteiger partial charge < -0.3 is 10.5 Å². The second-order valence-electron chi connectivity index (χ2n) is 5.04. The van der Waals surface area contributed by atoms with Crippen LogP contribution in [0.2, 0.25) is 0 Å². The molecule has 0 saturated carbocycles. The first-order valence-corrected chi connectivity index (χ1v) is 6.57. The molecule has 2 rings (SSSR count). The molecule has 3 nitrogen and oxygen atoms in total. The van der Waals surface area contributed by atoms with Crippen LogP contribution in [0.1, 0.15) is 27.0 Å². The molecule has 0 aliphatic rings. The highest BCUT2D eigenvalue weighted by Crippen LogP contribution is 2.18. The number of ether oxygens (including phenoxy) is 1. The van der Waals surface area contributed by atoms with Gasteiger partial charge in [-0.15, -0.1) is 0 Å². The summed E-state index contributed by atoms with van der Waals surface area (Å²) < 4.78 is 5.50. The van der Waals surface area contributed by atoms with E-state index < -0.39 is 0 Å². The highest BCUT2D eigenvalue weighted by Gasteiger charge is 2.11. The monoisotopic (exact) mass is 269 g/mol. The van der Waals surface area contributed by atoms with Crippen LogP contribution in [0.5, 0.6) is 5.75 Å². The van der Waals surface area contributed by atoms with E-state index >= 15 is 0 Å². The number of hydrogen-bond acceptors (Lipinski definition) is 3. The lowest BCUT2D eigenvalue weighted by atomic mass is 9.98. The Bertz CT molecular complexity index is 647. The average Bonchev–Trinajstić information content (AvgIpc) is 2.40. The van der Waals surface area contributed by atoms with Crippen molar-refractivity contribution >= 4 is 11.5 Å². The Labute approximate surface area is 119 Å². The third kappa shape index (κ3) is 3.18. The number of carbonyl (C=O) groups excluding carboxylic acids is 1. The maximum atomic E-state index is 12.2. The van der Waals surface area contributed by atoms with Gasteiger partial charge in [-0.2, -0.15) is 0 Å². The molecule has 3 heteroatoms. The van der Waals surface area contributed by atoms with Crippen molar-refractivity contribution in [3.05, 3.63) is 58.7 Å². The first-order valence-electron chi connectivity index (χ1n) is 6.57. The number of nitrogens with two attached hydrogens (primary N) is 1. The van der Waals surface area contributed by atoms with Crippen LogP contribution >= 0.6 is 0 Å². The number of benzene rings is 2. The van der Waals surface area contributed by atoms with Crippen LogP contribution in [0.15, 0.2) is 36.4 Å². The van der Waals surface area contributed by atoms with E-state index in [1.165, 1.54) is 5.56 Å². The van der Waals surface area contributed by atoms with Crippen molar-refractivity contribution in [1.82, 2.24) is 0 Å². The molecule has 0 radical (unpaired) electrons. The molecule has 0 atom stereocenters. The lowest BCUT2D eigenvalue weighted by molar-refractivity contribution is 0.0921. The van der Waals surface area contributed by atoms with Gasteiger partial charge in [-0.25, -0.2) is 0 Å². The largest absolute Gasteiger partial charge is 0.485 e. The number of rotatable bonds is 4. The second kappa shape index (κ2) is 5.78. The first-order chi connectivity index (χ1) is 9.47. The summed E-state index contributed by atoms with van der Waals surface area (Å²) in [4.78, 5) is 12.2. The Morgan fingerprint density at radius 2 is 1.75 bits per heavy atom. The van der Waals surface area contributed by atoms with Gasteiger partial charge >= 0.3 is 0 Å². The zero-order chi connectivity index (χ0) is 14.7. The first kappa shape index (κ1) is 14.1. The summed E-state index contributed by atoms with van der Waals surface area (Å²) in [6, 6.07) is 11.0. The molecule has 2 aromatic rings. The van der Waals surface area contributed by atoms with E-state index in [4.69, 9.17) is 10.5 Å². The predicted molar refractivity (Wildman–Crippen MR) is 81.3 cm³/mol. The van der Waals surface area contributed by atoms with Crippen LogP contribution < -0.4 is 10.5 Å². The van der Waals surface area contributed by atoms with Crippen LogP contribution in [-0.4, -0.2) is 12.4 Å². The molecule has 0 heterocycles. The van der Waals surface area contributed by atoms with Crippen molar-refractivity contribution in [3.63, 3.8) is 0 Å². The Hall–Kier alpha value is -2.29. The summed E-state index contributed by atoms with van der Waals surface area (Å²) in [5.74, 6) is 0.591. The SMILES string of the molecule is Cc1cc(C)c(C(=O)COc2cccc(N)c2)cc1C. The zero-order valence-corrected chi connectivity index (χ0v) is 12.1. The summed E-state index contributed by atoms with van der Waals surface area (Å²) in [5, 5.41) is 0. The van der Waals surface area contributed by atoms with E-state index in [0.717, 1.165) is 16.7 Å². The van der Waals surface area contributed by atoms with Crippen molar-refractivity contribution in [2.24, 2.45) is 0 Å². The molecule has 104 valence electrons. The van der Waals surface area contributed by atoms with E-state index in [1.54, 1.807) is 24.3 Å². The molecule has 0 unspecified atom stereocenters. The minimum absolute atomic E-state index is 0.0203. The number of nitrogen functional groups attached to an aromatic ring is 1. The van der Waals surface area contributed by atoms with Gasteiger partial charge in [0.2, 0.25) is 0 Å². The molecular formula is C17H19NO2. The fraction of sp³-hybridized carbons (Fsp3) is 0.235. The predicted octanol–water partition coefficient (Wildman–Crippen LogP) is 3.46. The topological polar surface area (TPSA) is 52.3 Å². The van der Waals surface area contributed by atoms with Crippen molar-refractivity contribution in [2.45, 2.75) is 20.8 Å². The molecule has 0 spiro atoms. The number of aryl methyl sites for hydroxylation is 3. The number of carbonyl (C=O) groups is 1. The summed E-state index contributed by atoms with van der Waals surface area (Å²) in [6.07, 6.45) is 0. The van der Waals surface area contributed by atoms with Crippen LogP contribution in [0.4, 0.5) is 5.69 Å². The number of ketones is 1. The van der Waals surface area contributed by atoms with Gasteiger partial charge in [0, 0.05) is 17.3 Å². The van der Waals surface area contributed by atoms with Crippen LogP contribution in [0, 0.1) is 20.8 Å². The summed E-state index contributed by atoms with van der Waals surface area (Å²) in [5.41, 5.74) is 10.3. The van der Waals surface area contributed by atoms with Gasteiger partial charge in [-0.3, -0.25) is 4.79 Å². The van der Waals surface area contributed by atoms with Crippen molar-refractivity contribution in [1.29, 1.82) is 0 Å². The van der Waals surface area contributed by atoms with E-state index in [9.17, 15) is 4.79 Å². The van der Waals surface area contributed by atoms with Gasteiger partial charge in [-0.1, -0.05) is 12.1 Å². The van der Waals surface area contributed by atoms with Gasteiger partial charge in [0.05, 0.1) is 0 Å². The van der Waals surface area contributed by atoms with Gasteiger partial charge in [0.15, 0.2) is 12.4 Å². The lowest BCUT2D eigenvalue weighted by Gasteiger charge is -2.10. The Morgan fingerprint density at radius 1 is 1.05 bits per heavy atom. The third-order valence-corrected chi connectivity index (χ3v) is 3.37. The second-order valence-corrected chi connectivity index (χ2v) is 5.04. The maximum Gasteiger partial charge on any atom is 0.200 e. The zero-order valence-electron chi connectivity index (χ0n) is 12.1. The minimum atomic E-state index is -0.0203. The van der Waals surface area contributed by atoms with Crippen molar-refractivity contribution < 1.29 is 9.53 Å². The summed E-state index contributed by atoms with van der Waals surface area (Å²) >= 11 is 0. The smallest absolute Gasteiger partial charge is 0.200 e. The molecule has 20 heavy (non-hydrogen) atoms. The van der Waals surface area contributed by atoms with Crippen LogP contribution in [-0.2, 0) is 0 Å². The Morgan fingerprint density at radius 3 is 2.45 bits per heavy atom. The average molecular weight is 269 g/mol. The maximum absolute atomic E-state index is 12.2. The molecule has 0 saturated heterocycles. The molecule has 0 aliphatic carbocycles. The standard InChI is InChI=1S/C17H19NO2/c1-11-7-13(3)16(8-12(11)2)17(19)10-20-15-6-4-5-14(18)9-15/h4-9H,10,18H2,1-3H3. The van der Waals surface area contributed by atoms with Crippen LogP contribution in [0.25, 0.3) is 0 Å². The molecule has 0 bridgehead atoms. The fourth-order valence-corrected chi connectivity index (χ4v) is 2.09. The van der Waals surface area contributed by atoms with E-state index in [1.807, 2.05) is 32.9 Å². The van der Waals surface area contributed by atoms with E-state index in [0.29, 0.717) is 11.4 Å². The Kier molecular flexibility index (Phi) is 4.08. The molecular weight excluding hydrogens is 250 g/mol. The van der Waals surface area contributed by atoms with Gasteiger partial charge in [0.25, 0.3) is 0 Å². The normalized spacial score (nSPS) is 10.3. The molecule has 2 aromatic carbocycles. The lowest BCUT2D eigenvalue weighted by Crippen LogP contribution is -2.13. The van der Waals surface area contributed by atoms with Crippen molar-refractivity contribution in [2.75, 3.05) is 12.3 Å². The highest BCUT2D eigenvalue weighted by molar-refractivity contribution is 5.98. The van der Waals surface area contributed by atoms with E-state index in [2.05, 4.69) is 0 Å². The minimum Gasteiger partial charge on any atom is -0.485 e. The molecule has 2 N–H and O–H groups in total. The molecule has 0 fully saturated rings. The van der Waals surface area contributed by atoms with Gasteiger partial charge in [-0.05, 0) is 55.7 Å².